The highest BCUT2D eigenvalue weighted by atomic mass is 32.2. The summed E-state index contributed by atoms with van der Waals surface area (Å²) in [5, 5.41) is 3.52. The molecule has 34 heavy (non-hydrogen) atoms. The first-order chi connectivity index (χ1) is 16.6. The van der Waals surface area contributed by atoms with Gasteiger partial charge < -0.3 is 15.0 Å². The van der Waals surface area contributed by atoms with E-state index in [-0.39, 0.29) is 0 Å². The third-order valence-electron chi connectivity index (χ3n) is 9.31. The smallest absolute Gasteiger partial charge is 0.0580 e. The molecule has 4 bridgehead atoms. The molecule has 198 valence electrons. The number of nitrogens with one attached hydrogen (secondary N) is 1. The molecule has 0 aromatic carbocycles. The third-order valence-corrected chi connectivity index (χ3v) is 11.4. The molecule has 0 amide bonds. The second-order valence-electron chi connectivity index (χ2n) is 12.1. The lowest BCUT2D eigenvalue weighted by molar-refractivity contribution is 0.105. The molecule has 8 aliphatic rings. The Hall–Kier alpha value is -0.100. The molecule has 0 aromatic heterocycles. The van der Waals surface area contributed by atoms with Gasteiger partial charge in [0.1, 0.15) is 0 Å². The number of nitrogens with zero attached hydrogens (tertiary/aromatic N) is 1. The highest BCUT2D eigenvalue weighted by molar-refractivity contribution is 8.00. The van der Waals surface area contributed by atoms with Crippen molar-refractivity contribution in [1.82, 2.24) is 10.2 Å². The van der Waals surface area contributed by atoms with Crippen molar-refractivity contribution in [2.24, 2.45) is 5.92 Å². The highest BCUT2D eigenvalue weighted by Gasteiger charge is 2.31. The van der Waals surface area contributed by atoms with E-state index in [2.05, 4.69) is 16.1 Å². The van der Waals surface area contributed by atoms with Crippen molar-refractivity contribution in [3.05, 3.63) is 0 Å². The van der Waals surface area contributed by atoms with E-state index in [9.17, 15) is 4.21 Å². The van der Waals surface area contributed by atoms with Gasteiger partial charge in [0.2, 0.25) is 0 Å². The minimum Gasteiger partial charge on any atom is -0.375 e. The summed E-state index contributed by atoms with van der Waals surface area (Å²) in [6, 6.07) is 1.89. The molecule has 8 rings (SSSR count). The fourth-order valence-electron chi connectivity index (χ4n) is 7.04. The van der Waals surface area contributed by atoms with E-state index in [1.54, 1.807) is 0 Å². The maximum Gasteiger partial charge on any atom is 0.0580 e. The Bertz CT molecular complexity index is 593. The molecular formula is C29H54N2O2S. The molecule has 1 N–H and O–H groups in total. The molecule has 7 aliphatic heterocycles. The second kappa shape index (κ2) is 14.0. The quantitative estimate of drug-likeness (QED) is 0.434. The van der Waals surface area contributed by atoms with Crippen LogP contribution in [0.1, 0.15) is 116 Å². The van der Waals surface area contributed by atoms with Crippen LogP contribution in [0.25, 0.3) is 0 Å². The van der Waals surface area contributed by atoms with Gasteiger partial charge in [-0.3, -0.25) is 4.21 Å². The summed E-state index contributed by atoms with van der Waals surface area (Å²) >= 11 is 0. The standard InChI is InChI=1S/C9H17N.C7H13N.C7H14OS.C6H10O/c1-3-7-10-8-4-2-6-9(10)5-1;1-3-7-4-2-6(1)5-8-7;1-9(8)6-4-2-3-5-7-9;1-2-6-4-3-5(1)7-6/h9H,1-8H2;6-8H,1-5H2;1-7H2;5-6H,1-4H2. The first kappa shape index (κ1) is 26.9. The van der Waals surface area contributed by atoms with E-state index in [0.717, 1.165) is 42.3 Å². The number of rotatable bonds is 0. The first-order valence-electron chi connectivity index (χ1n) is 15.0. The van der Waals surface area contributed by atoms with Crippen molar-refractivity contribution in [2.45, 2.75) is 140 Å². The Labute approximate surface area is 211 Å². The van der Waals surface area contributed by atoms with Crippen LogP contribution in [-0.2, 0) is 14.3 Å². The lowest BCUT2D eigenvalue weighted by atomic mass is 9.82. The minimum atomic E-state index is -1.62. The number of hydrogen-bond donors (Lipinski definition) is 1. The molecule has 4 nitrogen and oxygen atoms in total. The summed E-state index contributed by atoms with van der Waals surface area (Å²) in [6.45, 7) is 4.10. The summed E-state index contributed by atoms with van der Waals surface area (Å²) in [7, 11) is -1.62. The lowest BCUT2D eigenvalue weighted by Crippen LogP contribution is -2.44. The van der Waals surface area contributed by atoms with Crippen LogP contribution in [0.4, 0.5) is 0 Å². The van der Waals surface area contributed by atoms with E-state index in [0.29, 0.717) is 12.2 Å². The van der Waals surface area contributed by atoms with Gasteiger partial charge in [0.25, 0.3) is 0 Å². The van der Waals surface area contributed by atoms with Crippen LogP contribution in [-0.4, -0.2) is 70.4 Å². The van der Waals surface area contributed by atoms with E-state index in [1.807, 2.05) is 0 Å². The average molecular weight is 495 g/mol. The Kier molecular flexibility index (Phi) is 11.1. The lowest BCUT2D eigenvalue weighted by Gasteiger charge is -2.39. The summed E-state index contributed by atoms with van der Waals surface area (Å²) < 4.78 is 16.8. The summed E-state index contributed by atoms with van der Waals surface area (Å²) in [6.07, 6.45) is 26.2. The van der Waals surface area contributed by atoms with Crippen molar-refractivity contribution in [2.75, 3.05) is 31.1 Å². The summed E-state index contributed by atoms with van der Waals surface area (Å²) in [4.78, 5) is 2.70. The minimum absolute atomic E-state index is 0.671. The molecule has 7 saturated heterocycles. The Balaban J connectivity index is 0.000000108. The van der Waals surface area contributed by atoms with Gasteiger partial charge in [-0.2, -0.15) is 0 Å². The van der Waals surface area contributed by atoms with Gasteiger partial charge in [0.15, 0.2) is 0 Å². The van der Waals surface area contributed by atoms with Gasteiger partial charge in [-0.1, -0.05) is 25.7 Å². The van der Waals surface area contributed by atoms with Gasteiger partial charge in [0.05, 0.1) is 12.2 Å². The van der Waals surface area contributed by atoms with E-state index >= 15 is 0 Å². The van der Waals surface area contributed by atoms with Crippen LogP contribution < -0.4 is 5.32 Å². The molecule has 0 unspecified atom stereocenters. The maximum absolute atomic E-state index is 11.3. The molecule has 0 aromatic rings. The zero-order chi connectivity index (χ0) is 23.6. The van der Waals surface area contributed by atoms with Crippen molar-refractivity contribution in [3.8, 4) is 0 Å². The molecular weight excluding hydrogens is 440 g/mol. The molecule has 1 aliphatic carbocycles. The van der Waals surface area contributed by atoms with Crippen LogP contribution in [0.2, 0.25) is 0 Å². The molecule has 7 heterocycles. The average Bonchev–Trinajstić information content (AvgIpc) is 3.50. The summed E-state index contributed by atoms with van der Waals surface area (Å²) in [5.41, 5.74) is 0. The largest absolute Gasteiger partial charge is 0.375 e. The maximum atomic E-state index is 11.3. The van der Waals surface area contributed by atoms with Crippen LogP contribution in [0.5, 0.6) is 0 Å². The van der Waals surface area contributed by atoms with E-state index < -0.39 is 9.52 Å². The van der Waals surface area contributed by atoms with Gasteiger partial charge in [-0.25, -0.2) is 0 Å². The Morgan fingerprint density at radius 2 is 1.24 bits per heavy atom. The van der Waals surface area contributed by atoms with Crippen molar-refractivity contribution in [3.63, 3.8) is 0 Å². The van der Waals surface area contributed by atoms with Crippen molar-refractivity contribution < 1.29 is 8.95 Å². The fraction of sp³-hybridized carbons (Fsp3) is 0.966. The normalized spacial score (nSPS) is 36.5. The molecule has 0 radical (unpaired) electrons. The van der Waals surface area contributed by atoms with Crippen LogP contribution in [0.3, 0.4) is 0 Å². The number of piperidine rings is 4. The molecule has 1 saturated carbocycles. The van der Waals surface area contributed by atoms with Crippen molar-refractivity contribution >= 4 is 15.4 Å². The van der Waals surface area contributed by atoms with E-state index in [4.69, 9.17) is 4.74 Å². The Morgan fingerprint density at radius 3 is 1.56 bits per heavy atom. The zero-order valence-corrected chi connectivity index (χ0v) is 22.8. The number of fused-ring (bicyclic) bond motifs is 6. The first-order valence-corrected chi connectivity index (χ1v) is 17.1. The second-order valence-corrected chi connectivity index (χ2v) is 14.9. The third kappa shape index (κ3) is 9.09. The van der Waals surface area contributed by atoms with Gasteiger partial charge >= 0.3 is 0 Å². The van der Waals surface area contributed by atoms with Gasteiger partial charge in [-0.05, 0) is 131 Å². The molecule has 5 heteroatoms. The summed E-state index contributed by atoms with van der Waals surface area (Å²) in [5.74, 6) is 6.49. The van der Waals surface area contributed by atoms with Crippen molar-refractivity contribution in [1.29, 1.82) is 0 Å². The van der Waals surface area contributed by atoms with Gasteiger partial charge in [-0.15, -0.1) is 0 Å². The predicted octanol–water partition coefficient (Wildman–Crippen LogP) is 5.78. The van der Waals surface area contributed by atoms with E-state index in [1.165, 1.54) is 122 Å². The zero-order valence-electron chi connectivity index (χ0n) is 22.0. The highest BCUT2D eigenvalue weighted by Crippen LogP contribution is 2.33. The SMILES string of the molecule is C1CC2CCC1CN2.C1CC2CCC1O2.C1CCN2CCCCC2C1.C=S1(=O)CCCCCC1. The van der Waals surface area contributed by atoms with Crippen LogP contribution in [0, 0.1) is 5.92 Å². The van der Waals surface area contributed by atoms with Crippen LogP contribution >= 0.6 is 0 Å². The fourth-order valence-corrected chi connectivity index (χ4v) is 8.71. The Morgan fingerprint density at radius 1 is 0.676 bits per heavy atom. The predicted molar refractivity (Wildman–Crippen MR) is 147 cm³/mol. The number of ether oxygens (including phenoxy) is 1. The molecule has 0 spiro atoms. The van der Waals surface area contributed by atoms with Crippen LogP contribution in [0.15, 0.2) is 0 Å². The topological polar surface area (TPSA) is 41.6 Å². The molecule has 8 fully saturated rings. The molecule has 0 atom stereocenters. The number of hydrogen-bond acceptors (Lipinski definition) is 4. The monoisotopic (exact) mass is 494 g/mol. The van der Waals surface area contributed by atoms with Gasteiger partial charge in [0, 0.05) is 23.6 Å².